The zero-order chi connectivity index (χ0) is 20.6. The van der Waals surface area contributed by atoms with Gasteiger partial charge in [0.1, 0.15) is 11.5 Å². The summed E-state index contributed by atoms with van der Waals surface area (Å²) in [6, 6.07) is 12.9. The maximum absolute atomic E-state index is 12.9. The van der Waals surface area contributed by atoms with E-state index >= 15 is 0 Å². The number of aryl methyl sites for hydroxylation is 1. The molecule has 0 spiro atoms. The molecule has 0 bridgehead atoms. The van der Waals surface area contributed by atoms with E-state index in [1.807, 2.05) is 31.2 Å². The smallest absolute Gasteiger partial charge is 0.258 e. The predicted octanol–water partition coefficient (Wildman–Crippen LogP) is 3.39. The number of aliphatic imine (C=N–C) groups is 1. The zero-order valence-corrected chi connectivity index (χ0v) is 17.0. The molecule has 0 aromatic heterocycles. The van der Waals surface area contributed by atoms with Crippen LogP contribution >= 0.6 is 0 Å². The van der Waals surface area contributed by atoms with Gasteiger partial charge in [-0.2, -0.15) is 0 Å². The number of rotatable bonds is 6. The Bertz CT molecular complexity index is 837. The number of ether oxygens (including phenoxy) is 3. The first-order chi connectivity index (χ1) is 14.1. The zero-order valence-electron chi connectivity index (χ0n) is 17.0. The average Bonchev–Trinajstić information content (AvgIpc) is 3.26. The normalized spacial score (nSPS) is 16.4. The number of guanidine groups is 1. The maximum atomic E-state index is 12.9. The standard InChI is InChI=1S/C22H27N3O4/c1-15-6-8-17(9-7-15)24-22(23-14-18-5-4-10-29-18)25-21(26)16-11-19(27-2)13-20(12-16)28-3/h6-9,11-13,18H,4-5,10,14H2,1-3H3,(H2,23,24,25,26). The summed E-state index contributed by atoms with van der Waals surface area (Å²) >= 11 is 0. The van der Waals surface area contributed by atoms with Crippen LogP contribution in [0.15, 0.2) is 47.5 Å². The number of carbonyl (C=O) groups is 1. The number of anilines is 1. The van der Waals surface area contributed by atoms with Crippen molar-refractivity contribution < 1.29 is 19.0 Å². The fourth-order valence-corrected chi connectivity index (χ4v) is 2.98. The van der Waals surface area contributed by atoms with Gasteiger partial charge in [0.2, 0.25) is 5.96 Å². The molecule has 154 valence electrons. The van der Waals surface area contributed by atoms with Gasteiger partial charge in [-0.15, -0.1) is 0 Å². The van der Waals surface area contributed by atoms with E-state index in [1.54, 1.807) is 32.4 Å². The molecule has 1 atom stereocenters. The minimum absolute atomic E-state index is 0.0821. The topological polar surface area (TPSA) is 81.2 Å². The molecule has 29 heavy (non-hydrogen) atoms. The summed E-state index contributed by atoms with van der Waals surface area (Å²) in [4.78, 5) is 17.4. The number of hydrogen-bond donors (Lipinski definition) is 2. The Hall–Kier alpha value is -3.06. The number of amides is 1. The van der Waals surface area contributed by atoms with Crippen molar-refractivity contribution in [2.24, 2.45) is 4.99 Å². The lowest BCUT2D eigenvalue weighted by atomic mass is 10.2. The van der Waals surface area contributed by atoms with Crippen molar-refractivity contribution in [1.82, 2.24) is 5.32 Å². The maximum Gasteiger partial charge on any atom is 0.258 e. The highest BCUT2D eigenvalue weighted by Crippen LogP contribution is 2.22. The molecule has 0 radical (unpaired) electrons. The van der Waals surface area contributed by atoms with Crippen LogP contribution in [0.3, 0.4) is 0 Å². The Morgan fingerprint density at radius 3 is 2.41 bits per heavy atom. The fraction of sp³-hybridized carbons (Fsp3) is 0.364. The van der Waals surface area contributed by atoms with Gasteiger partial charge in [-0.25, -0.2) is 4.99 Å². The first-order valence-corrected chi connectivity index (χ1v) is 9.61. The van der Waals surface area contributed by atoms with Crippen LogP contribution in [0.25, 0.3) is 0 Å². The third kappa shape index (κ3) is 5.96. The molecule has 1 heterocycles. The monoisotopic (exact) mass is 397 g/mol. The fourth-order valence-electron chi connectivity index (χ4n) is 2.98. The van der Waals surface area contributed by atoms with Gasteiger partial charge in [0.25, 0.3) is 5.91 Å². The molecule has 3 rings (SSSR count). The summed E-state index contributed by atoms with van der Waals surface area (Å²) in [5.41, 5.74) is 2.41. The summed E-state index contributed by atoms with van der Waals surface area (Å²) in [6.07, 6.45) is 2.10. The van der Waals surface area contributed by atoms with Crippen molar-refractivity contribution >= 4 is 17.6 Å². The minimum atomic E-state index is -0.312. The number of carbonyl (C=O) groups excluding carboxylic acids is 1. The molecule has 0 saturated carbocycles. The van der Waals surface area contributed by atoms with Gasteiger partial charge in [-0.3, -0.25) is 10.1 Å². The van der Waals surface area contributed by atoms with Crippen LogP contribution in [-0.4, -0.2) is 45.3 Å². The molecule has 1 aliphatic heterocycles. The molecular formula is C22H27N3O4. The average molecular weight is 397 g/mol. The van der Waals surface area contributed by atoms with Crippen LogP contribution < -0.4 is 20.1 Å². The first-order valence-electron chi connectivity index (χ1n) is 9.61. The minimum Gasteiger partial charge on any atom is -0.497 e. The first kappa shape index (κ1) is 20.7. The molecule has 1 fully saturated rings. The van der Waals surface area contributed by atoms with Gasteiger partial charge in [0.05, 0.1) is 26.9 Å². The quantitative estimate of drug-likeness (QED) is 0.577. The van der Waals surface area contributed by atoms with Crippen LogP contribution in [0.5, 0.6) is 11.5 Å². The van der Waals surface area contributed by atoms with E-state index < -0.39 is 0 Å². The summed E-state index contributed by atoms with van der Waals surface area (Å²) in [5.74, 6) is 1.14. The van der Waals surface area contributed by atoms with Gasteiger partial charge < -0.3 is 19.5 Å². The van der Waals surface area contributed by atoms with Crippen LogP contribution in [0, 0.1) is 6.92 Å². The number of hydrogen-bond acceptors (Lipinski definition) is 5. The molecular weight excluding hydrogens is 370 g/mol. The number of nitrogens with one attached hydrogen (secondary N) is 2. The van der Waals surface area contributed by atoms with E-state index in [1.165, 1.54) is 0 Å². The molecule has 7 nitrogen and oxygen atoms in total. The lowest BCUT2D eigenvalue weighted by molar-refractivity contribution is 0.0975. The van der Waals surface area contributed by atoms with E-state index in [0.717, 1.165) is 30.7 Å². The summed E-state index contributed by atoms with van der Waals surface area (Å²) < 4.78 is 16.1. The van der Waals surface area contributed by atoms with E-state index in [2.05, 4.69) is 15.6 Å². The highest BCUT2D eigenvalue weighted by atomic mass is 16.5. The third-order valence-corrected chi connectivity index (χ3v) is 4.64. The Morgan fingerprint density at radius 1 is 1.14 bits per heavy atom. The Kier molecular flexibility index (Phi) is 7.08. The lowest BCUT2D eigenvalue weighted by Gasteiger charge is -2.14. The van der Waals surface area contributed by atoms with Crippen LogP contribution in [0.2, 0.25) is 0 Å². The summed E-state index contributed by atoms with van der Waals surface area (Å²) in [7, 11) is 3.09. The molecule has 0 aliphatic carbocycles. The van der Waals surface area contributed by atoms with Crippen molar-refractivity contribution in [1.29, 1.82) is 0 Å². The van der Waals surface area contributed by atoms with E-state index in [9.17, 15) is 4.79 Å². The molecule has 2 aromatic rings. The molecule has 1 unspecified atom stereocenters. The number of methoxy groups -OCH3 is 2. The van der Waals surface area contributed by atoms with Gasteiger partial charge in [-0.05, 0) is 44.0 Å². The van der Waals surface area contributed by atoms with Crippen molar-refractivity contribution in [3.63, 3.8) is 0 Å². The third-order valence-electron chi connectivity index (χ3n) is 4.64. The molecule has 1 amide bonds. The van der Waals surface area contributed by atoms with Crippen LogP contribution in [0.4, 0.5) is 5.69 Å². The SMILES string of the molecule is COc1cc(OC)cc(C(=O)NC(=NCC2CCCO2)Nc2ccc(C)cc2)c1. The Balaban J connectivity index is 1.78. The second-order valence-corrected chi connectivity index (χ2v) is 6.87. The molecule has 2 aromatic carbocycles. The number of benzene rings is 2. The Labute approximate surface area is 171 Å². The van der Waals surface area contributed by atoms with E-state index in [4.69, 9.17) is 14.2 Å². The van der Waals surface area contributed by atoms with Gasteiger partial charge >= 0.3 is 0 Å². The van der Waals surface area contributed by atoms with Crippen LogP contribution in [0.1, 0.15) is 28.8 Å². The summed E-state index contributed by atoms with van der Waals surface area (Å²) in [6.45, 7) is 3.26. The van der Waals surface area contributed by atoms with Gasteiger partial charge in [-0.1, -0.05) is 17.7 Å². The largest absolute Gasteiger partial charge is 0.497 e. The van der Waals surface area contributed by atoms with Gasteiger partial charge in [0.15, 0.2) is 0 Å². The second kappa shape index (κ2) is 9.93. The molecule has 7 heteroatoms. The van der Waals surface area contributed by atoms with Crippen LogP contribution in [-0.2, 0) is 4.74 Å². The molecule has 1 saturated heterocycles. The summed E-state index contributed by atoms with van der Waals surface area (Å²) in [5, 5.41) is 6.04. The second-order valence-electron chi connectivity index (χ2n) is 6.87. The highest BCUT2D eigenvalue weighted by Gasteiger charge is 2.17. The number of nitrogens with zero attached hydrogens (tertiary/aromatic N) is 1. The Morgan fingerprint density at radius 2 is 1.83 bits per heavy atom. The molecule has 2 N–H and O–H groups in total. The van der Waals surface area contributed by atoms with E-state index in [-0.39, 0.29) is 12.0 Å². The lowest BCUT2D eigenvalue weighted by Crippen LogP contribution is -2.36. The van der Waals surface area contributed by atoms with Crippen molar-refractivity contribution in [2.75, 3.05) is 32.7 Å². The van der Waals surface area contributed by atoms with Crippen molar-refractivity contribution in [2.45, 2.75) is 25.9 Å². The predicted molar refractivity (Wildman–Crippen MR) is 113 cm³/mol. The highest BCUT2D eigenvalue weighted by molar-refractivity contribution is 6.10. The van der Waals surface area contributed by atoms with Gasteiger partial charge in [0, 0.05) is 23.9 Å². The van der Waals surface area contributed by atoms with Crippen molar-refractivity contribution in [3.8, 4) is 11.5 Å². The van der Waals surface area contributed by atoms with Crippen molar-refractivity contribution in [3.05, 3.63) is 53.6 Å². The van der Waals surface area contributed by atoms with E-state index in [0.29, 0.717) is 29.6 Å². The molecule has 1 aliphatic rings.